The fraction of sp³-hybridized carbons (Fsp3) is 0.462. The maximum atomic E-state index is 12.5. The molecule has 2 aromatic heterocycles. The van der Waals surface area contributed by atoms with Crippen molar-refractivity contribution in [2.75, 3.05) is 6.54 Å². The summed E-state index contributed by atoms with van der Waals surface area (Å²) in [5.74, 6) is -0.0193. The third-order valence-corrected chi connectivity index (χ3v) is 3.63. The van der Waals surface area contributed by atoms with Crippen LogP contribution >= 0.6 is 0 Å². The Labute approximate surface area is 116 Å². The van der Waals surface area contributed by atoms with Crippen molar-refractivity contribution in [3.05, 3.63) is 35.4 Å². The van der Waals surface area contributed by atoms with Gasteiger partial charge in [-0.05, 0) is 18.9 Å². The van der Waals surface area contributed by atoms with Crippen molar-refractivity contribution in [1.29, 1.82) is 0 Å². The number of aryl methyl sites for hydroxylation is 1. The number of nitrogens with one attached hydrogen (secondary N) is 1. The maximum absolute atomic E-state index is 12.5. The summed E-state index contributed by atoms with van der Waals surface area (Å²) in [5.41, 5.74) is 2.07. The minimum Gasteiger partial charge on any atom is -0.390 e. The molecule has 20 heavy (non-hydrogen) atoms. The summed E-state index contributed by atoms with van der Waals surface area (Å²) in [5, 5.41) is 20.1. The number of amides is 1. The average Bonchev–Trinajstić information content (AvgIpc) is 3.17. The van der Waals surface area contributed by atoms with Gasteiger partial charge in [0.25, 0.3) is 5.91 Å². The Morgan fingerprint density at radius 1 is 1.60 bits per heavy atom. The summed E-state index contributed by atoms with van der Waals surface area (Å²) in [6.45, 7) is 0.649. The van der Waals surface area contributed by atoms with Crippen LogP contribution in [0.4, 0.5) is 0 Å². The van der Waals surface area contributed by atoms with Crippen molar-refractivity contribution in [3.8, 4) is 0 Å². The van der Waals surface area contributed by atoms with E-state index >= 15 is 0 Å². The zero-order valence-electron chi connectivity index (χ0n) is 11.3. The predicted molar refractivity (Wildman–Crippen MR) is 70.7 cm³/mol. The van der Waals surface area contributed by atoms with Gasteiger partial charge in [0, 0.05) is 19.8 Å². The first-order chi connectivity index (χ1) is 9.69. The highest BCUT2D eigenvalue weighted by Gasteiger charge is 2.32. The minimum atomic E-state index is -0.0731. The zero-order valence-corrected chi connectivity index (χ0v) is 11.3. The lowest BCUT2D eigenvalue weighted by Gasteiger charge is -2.22. The van der Waals surface area contributed by atoms with Crippen LogP contribution in [0.25, 0.3) is 0 Å². The van der Waals surface area contributed by atoms with Crippen molar-refractivity contribution in [3.63, 3.8) is 0 Å². The van der Waals surface area contributed by atoms with Crippen molar-refractivity contribution in [2.45, 2.75) is 25.5 Å². The molecular weight excluding hydrogens is 258 g/mol. The largest absolute Gasteiger partial charge is 0.390 e. The molecule has 0 radical (unpaired) electrons. The number of hydrogen-bond donors (Lipinski definition) is 2. The Hall–Kier alpha value is -2.15. The molecule has 3 rings (SSSR count). The average molecular weight is 275 g/mol. The number of aromatic nitrogens is 4. The molecular formula is C13H17N5O2. The van der Waals surface area contributed by atoms with Crippen molar-refractivity contribution < 1.29 is 9.90 Å². The highest BCUT2D eigenvalue weighted by Crippen LogP contribution is 2.32. The summed E-state index contributed by atoms with van der Waals surface area (Å²) in [7, 11) is 1.79. The van der Waals surface area contributed by atoms with E-state index in [1.54, 1.807) is 24.1 Å². The number of nitrogens with zero attached hydrogens (tertiary/aromatic N) is 4. The maximum Gasteiger partial charge on any atom is 0.257 e. The van der Waals surface area contributed by atoms with E-state index in [1.807, 2.05) is 11.0 Å². The van der Waals surface area contributed by atoms with Gasteiger partial charge in [-0.1, -0.05) is 0 Å². The van der Waals surface area contributed by atoms with Crippen LogP contribution in [0, 0.1) is 0 Å². The van der Waals surface area contributed by atoms with Crippen LogP contribution in [0.3, 0.4) is 0 Å². The van der Waals surface area contributed by atoms with Gasteiger partial charge in [-0.2, -0.15) is 10.2 Å². The molecule has 106 valence electrons. The van der Waals surface area contributed by atoms with Crippen molar-refractivity contribution >= 4 is 5.91 Å². The van der Waals surface area contributed by atoms with Crippen LogP contribution in [-0.2, 0) is 13.7 Å². The smallest absolute Gasteiger partial charge is 0.257 e. The first kappa shape index (κ1) is 12.9. The Balaban J connectivity index is 1.83. The lowest BCUT2D eigenvalue weighted by atomic mass is 10.1. The topological polar surface area (TPSA) is 87.0 Å². The van der Waals surface area contributed by atoms with Gasteiger partial charge in [0.1, 0.15) is 0 Å². The monoisotopic (exact) mass is 275 g/mol. The second kappa shape index (κ2) is 5.09. The molecule has 2 aromatic rings. The SMILES string of the molecule is Cn1cc(C(=O)N2CCCC2c2cc(CO)[nH]n2)cn1. The highest BCUT2D eigenvalue weighted by molar-refractivity contribution is 5.94. The molecule has 2 N–H and O–H groups in total. The number of carbonyl (C=O) groups excluding carboxylic acids is 1. The lowest BCUT2D eigenvalue weighted by molar-refractivity contribution is 0.0733. The molecule has 0 saturated carbocycles. The van der Waals surface area contributed by atoms with E-state index < -0.39 is 0 Å². The number of aliphatic hydroxyl groups is 1. The number of likely N-dealkylation sites (tertiary alicyclic amines) is 1. The molecule has 1 fully saturated rings. The van der Waals surface area contributed by atoms with Crippen molar-refractivity contribution in [2.24, 2.45) is 7.05 Å². The molecule has 7 heteroatoms. The number of aliphatic hydroxyl groups excluding tert-OH is 1. The van der Waals surface area contributed by atoms with Gasteiger partial charge in [-0.25, -0.2) is 0 Å². The second-order valence-corrected chi connectivity index (χ2v) is 5.04. The fourth-order valence-electron chi connectivity index (χ4n) is 2.65. The number of carbonyl (C=O) groups is 1. The summed E-state index contributed by atoms with van der Waals surface area (Å²) in [6, 6.07) is 1.79. The van der Waals surface area contributed by atoms with E-state index in [2.05, 4.69) is 15.3 Å². The molecule has 1 saturated heterocycles. The first-order valence-electron chi connectivity index (χ1n) is 6.63. The molecule has 0 aliphatic carbocycles. The standard InChI is InChI=1S/C13H17N5O2/c1-17-7-9(6-14-17)13(20)18-4-2-3-12(18)11-5-10(8-19)15-16-11/h5-7,12,19H,2-4,8H2,1H3,(H,15,16). The molecule has 3 heterocycles. The summed E-state index contributed by atoms with van der Waals surface area (Å²) in [4.78, 5) is 14.3. The molecule has 1 unspecified atom stereocenters. The number of aromatic amines is 1. The van der Waals surface area contributed by atoms with Crippen LogP contribution < -0.4 is 0 Å². The van der Waals surface area contributed by atoms with Gasteiger partial charge >= 0.3 is 0 Å². The minimum absolute atomic E-state index is 0.0193. The summed E-state index contributed by atoms with van der Waals surface area (Å²) in [6.07, 6.45) is 5.16. The molecule has 1 amide bonds. The quantitative estimate of drug-likeness (QED) is 0.859. The molecule has 1 aliphatic heterocycles. The Kier molecular flexibility index (Phi) is 3.27. The summed E-state index contributed by atoms with van der Waals surface area (Å²) < 4.78 is 1.62. The lowest BCUT2D eigenvalue weighted by Crippen LogP contribution is -2.30. The van der Waals surface area contributed by atoms with Gasteiger partial charge in [0.05, 0.1) is 35.8 Å². The normalized spacial score (nSPS) is 18.7. The molecule has 1 atom stereocenters. The van der Waals surface area contributed by atoms with Crippen molar-refractivity contribution in [1.82, 2.24) is 24.9 Å². The molecule has 1 aliphatic rings. The third-order valence-electron chi connectivity index (χ3n) is 3.63. The molecule has 0 bridgehead atoms. The Bertz CT molecular complexity index is 618. The van der Waals surface area contributed by atoms with Gasteiger partial charge < -0.3 is 10.0 Å². The van der Waals surface area contributed by atoms with Gasteiger partial charge in [0.2, 0.25) is 0 Å². The van der Waals surface area contributed by atoms with E-state index in [0.717, 1.165) is 25.1 Å². The van der Waals surface area contributed by atoms with Crippen LogP contribution in [0.5, 0.6) is 0 Å². The third kappa shape index (κ3) is 2.20. The number of H-pyrrole nitrogens is 1. The van der Waals surface area contributed by atoms with E-state index in [0.29, 0.717) is 11.3 Å². The first-order valence-corrected chi connectivity index (χ1v) is 6.63. The highest BCUT2D eigenvalue weighted by atomic mass is 16.3. The van der Waals surface area contributed by atoms with E-state index in [9.17, 15) is 4.79 Å². The van der Waals surface area contributed by atoms with Gasteiger partial charge in [-0.15, -0.1) is 0 Å². The summed E-state index contributed by atoms with van der Waals surface area (Å²) >= 11 is 0. The molecule has 0 aromatic carbocycles. The fourth-order valence-corrected chi connectivity index (χ4v) is 2.65. The van der Waals surface area contributed by atoms with Gasteiger partial charge in [0.15, 0.2) is 0 Å². The van der Waals surface area contributed by atoms with E-state index in [-0.39, 0.29) is 18.6 Å². The predicted octanol–water partition coefficient (Wildman–Crippen LogP) is 0.613. The molecule has 0 spiro atoms. The van der Waals surface area contributed by atoms with Crippen LogP contribution in [0.2, 0.25) is 0 Å². The Morgan fingerprint density at radius 3 is 3.10 bits per heavy atom. The van der Waals surface area contributed by atoms with Crippen LogP contribution in [0.1, 0.15) is 40.6 Å². The van der Waals surface area contributed by atoms with E-state index in [1.165, 1.54) is 0 Å². The number of rotatable bonds is 3. The molecule has 7 nitrogen and oxygen atoms in total. The van der Waals surface area contributed by atoms with Crippen LogP contribution in [0.15, 0.2) is 18.5 Å². The van der Waals surface area contributed by atoms with Crippen LogP contribution in [-0.4, -0.2) is 42.4 Å². The number of hydrogen-bond acceptors (Lipinski definition) is 4. The van der Waals surface area contributed by atoms with Gasteiger partial charge in [-0.3, -0.25) is 14.6 Å². The second-order valence-electron chi connectivity index (χ2n) is 5.04. The van der Waals surface area contributed by atoms with E-state index in [4.69, 9.17) is 5.11 Å². The zero-order chi connectivity index (χ0) is 14.1. The Morgan fingerprint density at radius 2 is 2.45 bits per heavy atom.